The van der Waals surface area contributed by atoms with Crippen LogP contribution in [0.2, 0.25) is 0 Å². The van der Waals surface area contributed by atoms with Crippen molar-refractivity contribution in [3.63, 3.8) is 0 Å². The predicted octanol–water partition coefficient (Wildman–Crippen LogP) is 2.09. The van der Waals surface area contributed by atoms with Crippen molar-refractivity contribution in [2.75, 3.05) is 6.61 Å². The molecule has 1 amide bonds. The van der Waals surface area contributed by atoms with Crippen molar-refractivity contribution < 1.29 is 14.6 Å². The Morgan fingerprint density at radius 1 is 1.26 bits per heavy atom. The Morgan fingerprint density at radius 3 is 2.70 bits per heavy atom. The van der Waals surface area contributed by atoms with Crippen LogP contribution in [0, 0.1) is 0 Å². The second-order valence-corrected chi connectivity index (χ2v) is 5.41. The number of hydrogen-bond donors (Lipinski definition) is 2. The fourth-order valence-electron chi connectivity index (χ4n) is 2.12. The normalized spacial score (nSPS) is 11.7. The molecule has 23 heavy (non-hydrogen) atoms. The summed E-state index contributed by atoms with van der Waals surface area (Å²) >= 11 is 0. The minimum Gasteiger partial charge on any atom is -0.487 e. The number of carbonyl (C=O) groups is 1. The second-order valence-electron chi connectivity index (χ2n) is 5.41. The number of benzene rings is 1. The van der Waals surface area contributed by atoms with Crippen LogP contribution in [0.3, 0.4) is 0 Å². The summed E-state index contributed by atoms with van der Waals surface area (Å²) in [5.74, 6) is 0.696. The highest BCUT2D eigenvalue weighted by atomic mass is 16.5. The van der Waals surface area contributed by atoms with Gasteiger partial charge in [-0.3, -0.25) is 9.78 Å². The zero-order chi connectivity index (χ0) is 16.5. The molecule has 1 unspecified atom stereocenters. The lowest BCUT2D eigenvalue weighted by Gasteiger charge is -2.12. The number of nitrogens with zero attached hydrogens (tertiary/aromatic N) is 1. The van der Waals surface area contributed by atoms with E-state index in [2.05, 4.69) is 10.3 Å². The number of aromatic nitrogens is 1. The number of ether oxygens (including phenoxy) is 1. The summed E-state index contributed by atoms with van der Waals surface area (Å²) in [6.45, 7) is 2.37. The summed E-state index contributed by atoms with van der Waals surface area (Å²) in [6, 6.07) is 13.1. The molecular formula is C18H22N2O3. The summed E-state index contributed by atoms with van der Waals surface area (Å²) in [5, 5.41) is 11.7. The number of nitrogens with one attached hydrogen (secondary N) is 1. The molecule has 0 radical (unpaired) electrons. The molecule has 0 aliphatic rings. The Labute approximate surface area is 136 Å². The number of aliphatic hydroxyl groups is 1. The van der Waals surface area contributed by atoms with Gasteiger partial charge in [0.15, 0.2) is 0 Å². The lowest BCUT2D eigenvalue weighted by Crippen LogP contribution is -2.34. The van der Waals surface area contributed by atoms with Crippen LogP contribution in [-0.2, 0) is 17.8 Å². The van der Waals surface area contributed by atoms with E-state index in [9.17, 15) is 4.79 Å². The van der Waals surface area contributed by atoms with E-state index in [1.54, 1.807) is 6.20 Å². The summed E-state index contributed by atoms with van der Waals surface area (Å²) in [7, 11) is 0. The van der Waals surface area contributed by atoms with E-state index in [0.717, 1.165) is 17.0 Å². The third-order valence-corrected chi connectivity index (χ3v) is 3.37. The van der Waals surface area contributed by atoms with Crippen LogP contribution in [-0.4, -0.2) is 28.6 Å². The highest BCUT2D eigenvalue weighted by molar-refractivity contribution is 5.78. The predicted molar refractivity (Wildman–Crippen MR) is 88.0 cm³/mol. The van der Waals surface area contributed by atoms with Gasteiger partial charge in [0, 0.05) is 18.8 Å². The van der Waals surface area contributed by atoms with E-state index in [1.165, 1.54) is 0 Å². The molecule has 0 fully saturated rings. The molecule has 1 atom stereocenters. The van der Waals surface area contributed by atoms with E-state index >= 15 is 0 Å². The average molecular weight is 314 g/mol. The first kappa shape index (κ1) is 17.0. The van der Waals surface area contributed by atoms with Gasteiger partial charge in [-0.05, 0) is 43.2 Å². The molecule has 5 heteroatoms. The molecule has 1 heterocycles. The second kappa shape index (κ2) is 8.90. The van der Waals surface area contributed by atoms with Gasteiger partial charge in [-0.1, -0.05) is 18.2 Å². The molecule has 5 nitrogen and oxygen atoms in total. The molecule has 2 aromatic rings. The molecule has 0 saturated heterocycles. The van der Waals surface area contributed by atoms with Crippen molar-refractivity contribution in [1.29, 1.82) is 0 Å². The summed E-state index contributed by atoms with van der Waals surface area (Å²) in [4.78, 5) is 16.1. The smallest absolute Gasteiger partial charge is 0.224 e. The van der Waals surface area contributed by atoms with Gasteiger partial charge < -0.3 is 15.2 Å². The first-order chi connectivity index (χ1) is 11.2. The van der Waals surface area contributed by atoms with E-state index in [-0.39, 0.29) is 18.6 Å². The lowest BCUT2D eigenvalue weighted by molar-refractivity contribution is -0.121. The third kappa shape index (κ3) is 6.08. The van der Waals surface area contributed by atoms with Gasteiger partial charge in [-0.25, -0.2) is 0 Å². The van der Waals surface area contributed by atoms with Crippen LogP contribution in [0.15, 0.2) is 48.7 Å². The van der Waals surface area contributed by atoms with E-state index < -0.39 is 0 Å². The maximum absolute atomic E-state index is 11.9. The van der Waals surface area contributed by atoms with Gasteiger partial charge in [0.1, 0.15) is 12.4 Å². The average Bonchev–Trinajstić information content (AvgIpc) is 2.55. The van der Waals surface area contributed by atoms with Crippen molar-refractivity contribution in [3.05, 3.63) is 59.9 Å². The van der Waals surface area contributed by atoms with Crippen molar-refractivity contribution in [2.45, 2.75) is 32.4 Å². The van der Waals surface area contributed by atoms with Crippen molar-refractivity contribution >= 4 is 5.91 Å². The Kier molecular flexibility index (Phi) is 6.56. The van der Waals surface area contributed by atoms with Crippen molar-refractivity contribution in [1.82, 2.24) is 10.3 Å². The Morgan fingerprint density at radius 2 is 2.04 bits per heavy atom. The first-order valence-electron chi connectivity index (χ1n) is 7.69. The first-order valence-corrected chi connectivity index (χ1v) is 7.69. The molecule has 0 spiro atoms. The third-order valence-electron chi connectivity index (χ3n) is 3.37. The molecule has 2 N–H and O–H groups in total. The van der Waals surface area contributed by atoms with E-state index in [1.807, 2.05) is 49.4 Å². The molecule has 1 aromatic carbocycles. The highest BCUT2D eigenvalue weighted by Gasteiger charge is 2.08. The Balaban J connectivity index is 1.81. The fraction of sp³-hybridized carbons (Fsp3) is 0.333. The molecule has 0 bridgehead atoms. The van der Waals surface area contributed by atoms with Gasteiger partial charge in [-0.2, -0.15) is 0 Å². The molecule has 0 aliphatic heterocycles. The Bertz CT molecular complexity index is 599. The summed E-state index contributed by atoms with van der Waals surface area (Å²) in [6.07, 6.45) is 2.61. The number of pyridine rings is 1. The molecule has 2 rings (SSSR count). The molecule has 1 aromatic heterocycles. The monoisotopic (exact) mass is 314 g/mol. The summed E-state index contributed by atoms with van der Waals surface area (Å²) < 4.78 is 5.66. The number of carbonyl (C=O) groups excluding carboxylic acids is 1. The summed E-state index contributed by atoms with van der Waals surface area (Å²) in [5.41, 5.74) is 1.79. The van der Waals surface area contributed by atoms with Crippen LogP contribution in [0.4, 0.5) is 0 Å². The largest absolute Gasteiger partial charge is 0.487 e. The number of aliphatic hydroxyl groups excluding tert-OH is 1. The zero-order valence-corrected chi connectivity index (χ0v) is 13.2. The topological polar surface area (TPSA) is 71.5 Å². The maximum Gasteiger partial charge on any atom is 0.224 e. The van der Waals surface area contributed by atoms with Crippen LogP contribution in [0.1, 0.15) is 24.6 Å². The van der Waals surface area contributed by atoms with Crippen LogP contribution in [0.25, 0.3) is 0 Å². The molecular weight excluding hydrogens is 292 g/mol. The number of amides is 1. The van der Waals surface area contributed by atoms with Crippen molar-refractivity contribution in [3.8, 4) is 5.75 Å². The molecule has 0 aliphatic carbocycles. The van der Waals surface area contributed by atoms with E-state index in [4.69, 9.17) is 9.84 Å². The van der Waals surface area contributed by atoms with Crippen LogP contribution >= 0.6 is 0 Å². The molecule has 0 saturated carbocycles. The van der Waals surface area contributed by atoms with Crippen molar-refractivity contribution in [2.24, 2.45) is 0 Å². The van der Waals surface area contributed by atoms with Gasteiger partial charge in [0.25, 0.3) is 0 Å². The highest BCUT2D eigenvalue weighted by Crippen LogP contribution is 2.14. The van der Waals surface area contributed by atoms with E-state index in [0.29, 0.717) is 19.4 Å². The van der Waals surface area contributed by atoms with Gasteiger partial charge in [0.2, 0.25) is 5.91 Å². The van der Waals surface area contributed by atoms with Crippen LogP contribution < -0.4 is 10.1 Å². The number of hydrogen-bond acceptors (Lipinski definition) is 4. The van der Waals surface area contributed by atoms with Gasteiger partial charge in [-0.15, -0.1) is 0 Å². The maximum atomic E-state index is 11.9. The standard InChI is InChI=1S/C18H22N2O3/c1-14(9-11-21)20-18(22)12-15-5-7-17(8-6-15)23-13-16-4-2-3-10-19-16/h2-8,10,14,21H,9,11-13H2,1H3,(H,20,22). The molecule has 122 valence electrons. The SMILES string of the molecule is CC(CCO)NC(=O)Cc1ccc(OCc2ccccn2)cc1. The number of rotatable bonds is 8. The van der Waals surface area contributed by atoms with Crippen LogP contribution in [0.5, 0.6) is 5.75 Å². The van der Waals surface area contributed by atoms with Gasteiger partial charge in [0.05, 0.1) is 12.1 Å². The Hall–Kier alpha value is -2.40. The minimum absolute atomic E-state index is 0.0199. The fourth-order valence-corrected chi connectivity index (χ4v) is 2.12. The quantitative estimate of drug-likeness (QED) is 0.782. The minimum atomic E-state index is -0.0481. The lowest BCUT2D eigenvalue weighted by atomic mass is 10.1. The zero-order valence-electron chi connectivity index (χ0n) is 13.2. The van der Waals surface area contributed by atoms with Gasteiger partial charge >= 0.3 is 0 Å².